The third-order valence-electron chi connectivity index (χ3n) is 7.96. The fourth-order valence-electron chi connectivity index (χ4n) is 5.75. The van der Waals surface area contributed by atoms with Gasteiger partial charge in [0.05, 0.1) is 27.8 Å². The largest absolute Gasteiger partial charge is 0.476 e. The smallest absolute Gasteiger partial charge is 0.268 e. The fraction of sp³-hybridized carbons (Fsp3) is 0.147. The molecule has 6 aromatic rings. The van der Waals surface area contributed by atoms with Crippen molar-refractivity contribution in [1.29, 1.82) is 0 Å². The number of para-hydroxylation sites is 1. The van der Waals surface area contributed by atoms with Crippen LogP contribution in [-0.2, 0) is 4.79 Å². The van der Waals surface area contributed by atoms with E-state index in [1.807, 2.05) is 61.5 Å². The van der Waals surface area contributed by atoms with E-state index < -0.39 is 11.6 Å². The molecule has 0 saturated carbocycles. The van der Waals surface area contributed by atoms with Crippen molar-refractivity contribution in [2.45, 2.75) is 32.4 Å². The highest BCUT2D eigenvalue weighted by Crippen LogP contribution is 2.40. The molecule has 7 rings (SSSR count). The molecule has 3 aromatic heterocycles. The van der Waals surface area contributed by atoms with Gasteiger partial charge in [0.2, 0.25) is 0 Å². The lowest BCUT2D eigenvalue weighted by molar-refractivity contribution is -0.129. The maximum absolute atomic E-state index is 14.6. The summed E-state index contributed by atoms with van der Waals surface area (Å²) in [5, 5.41) is 7.85. The Balaban J connectivity index is 1.44. The van der Waals surface area contributed by atoms with Crippen molar-refractivity contribution in [2.75, 3.05) is 10.6 Å². The summed E-state index contributed by atoms with van der Waals surface area (Å²) < 4.78 is 7.51. The van der Waals surface area contributed by atoms with Gasteiger partial charge in [-0.05, 0) is 56.2 Å². The molecule has 45 heavy (non-hydrogen) atoms. The maximum atomic E-state index is 14.6. The third kappa shape index (κ3) is 4.70. The van der Waals surface area contributed by atoms with E-state index in [2.05, 4.69) is 25.6 Å². The Kier molecular flexibility index (Phi) is 6.67. The topological polar surface area (TPSA) is 131 Å². The number of anilines is 2. The van der Waals surface area contributed by atoms with Gasteiger partial charge in [-0.2, -0.15) is 0 Å². The Labute approximate surface area is 261 Å². The van der Waals surface area contributed by atoms with Crippen molar-refractivity contribution in [3.8, 4) is 22.6 Å². The summed E-state index contributed by atoms with van der Waals surface area (Å²) in [7, 11) is 0. The molecular weight excluding hydrogens is 592 g/mol. The molecule has 0 saturated heterocycles. The van der Waals surface area contributed by atoms with Gasteiger partial charge in [0, 0.05) is 23.3 Å². The predicted molar refractivity (Wildman–Crippen MR) is 176 cm³/mol. The van der Waals surface area contributed by atoms with Crippen LogP contribution in [0.3, 0.4) is 0 Å². The molecule has 11 heteroatoms. The number of aromatic nitrogens is 4. The molecule has 0 fully saturated rings. The number of ether oxygens (including phenoxy) is 1. The van der Waals surface area contributed by atoms with Gasteiger partial charge in [-0.15, -0.1) is 0 Å². The number of amides is 1. The molecule has 1 unspecified atom stereocenters. The maximum Gasteiger partial charge on any atom is 0.268 e. The van der Waals surface area contributed by atoms with Gasteiger partial charge < -0.3 is 20.4 Å². The number of pyridine rings is 2. The predicted octanol–water partition coefficient (Wildman–Crippen LogP) is 6.23. The molecule has 3 N–H and O–H groups in total. The van der Waals surface area contributed by atoms with E-state index in [-0.39, 0.29) is 16.9 Å². The second-order valence-corrected chi connectivity index (χ2v) is 11.7. The lowest BCUT2D eigenvalue weighted by atomic mass is 9.96. The second kappa shape index (κ2) is 10.6. The number of hydrogen-bond donors (Lipinski definition) is 3. The summed E-state index contributed by atoms with van der Waals surface area (Å²) in [4.78, 5) is 51.5. The van der Waals surface area contributed by atoms with Gasteiger partial charge >= 0.3 is 0 Å². The standard InChI is InChI=1S/C34H27ClN6O4/c1-18(39-31-27-24(42)14-15-36-30(27)37-17-38-31)29-28(35)22-11-7-10-21(26(22)32(43)41(29)20-8-5-4-6-9-20)19-12-13-25-23(16-19)40-33(44)34(2,3)45-25/h4-18H,1-3H3,(H,40,44)(H2,36,37,38,39,42). The van der Waals surface area contributed by atoms with E-state index in [1.165, 1.54) is 18.6 Å². The van der Waals surface area contributed by atoms with Gasteiger partial charge in [-0.3, -0.25) is 19.0 Å². The summed E-state index contributed by atoms with van der Waals surface area (Å²) in [6.45, 7) is 5.27. The van der Waals surface area contributed by atoms with E-state index in [9.17, 15) is 14.4 Å². The molecule has 1 atom stereocenters. The van der Waals surface area contributed by atoms with Crippen molar-refractivity contribution in [3.63, 3.8) is 0 Å². The quantitative estimate of drug-likeness (QED) is 0.209. The number of aromatic amines is 1. The Bertz CT molecular complexity index is 2270. The zero-order valence-electron chi connectivity index (χ0n) is 24.5. The number of rotatable bonds is 5. The first-order valence-electron chi connectivity index (χ1n) is 14.3. The van der Waals surface area contributed by atoms with Crippen LogP contribution in [0.2, 0.25) is 5.02 Å². The summed E-state index contributed by atoms with van der Waals surface area (Å²) >= 11 is 7.23. The molecule has 1 aliphatic rings. The van der Waals surface area contributed by atoms with Crippen molar-refractivity contribution in [3.05, 3.63) is 117 Å². The molecule has 0 spiro atoms. The number of nitrogens with one attached hydrogen (secondary N) is 3. The second-order valence-electron chi connectivity index (χ2n) is 11.3. The van der Waals surface area contributed by atoms with Gasteiger partial charge in [-0.25, -0.2) is 9.97 Å². The van der Waals surface area contributed by atoms with Crippen molar-refractivity contribution >= 4 is 50.8 Å². The van der Waals surface area contributed by atoms with Gasteiger partial charge in [-0.1, -0.05) is 54.1 Å². The number of benzene rings is 3. The summed E-state index contributed by atoms with van der Waals surface area (Å²) in [6, 6.07) is 21.0. The lowest BCUT2D eigenvalue weighted by Crippen LogP contribution is -2.45. The minimum Gasteiger partial charge on any atom is -0.476 e. The van der Waals surface area contributed by atoms with Crippen LogP contribution in [0, 0.1) is 0 Å². The number of fused-ring (bicyclic) bond motifs is 3. The number of carbonyl (C=O) groups excluding carboxylic acids is 1. The third-order valence-corrected chi connectivity index (χ3v) is 8.36. The molecule has 10 nitrogen and oxygen atoms in total. The highest BCUT2D eigenvalue weighted by molar-refractivity contribution is 6.36. The molecule has 1 aliphatic heterocycles. The number of H-pyrrole nitrogens is 1. The van der Waals surface area contributed by atoms with E-state index in [4.69, 9.17) is 16.3 Å². The lowest BCUT2D eigenvalue weighted by Gasteiger charge is -2.31. The first kappa shape index (κ1) is 28.3. The van der Waals surface area contributed by atoms with Crippen LogP contribution in [-0.4, -0.2) is 31.0 Å². The monoisotopic (exact) mass is 618 g/mol. The summed E-state index contributed by atoms with van der Waals surface area (Å²) in [6.07, 6.45) is 2.89. The molecule has 4 heterocycles. The first-order chi connectivity index (χ1) is 21.6. The number of nitrogens with zero attached hydrogens (tertiary/aromatic N) is 3. The van der Waals surface area contributed by atoms with Gasteiger partial charge in [0.25, 0.3) is 11.5 Å². The Hall–Kier alpha value is -5.48. The fourth-order valence-corrected chi connectivity index (χ4v) is 6.16. The average Bonchev–Trinajstić information content (AvgIpc) is 3.03. The minimum atomic E-state index is -1.00. The number of hydrogen-bond acceptors (Lipinski definition) is 7. The zero-order valence-corrected chi connectivity index (χ0v) is 25.3. The van der Waals surface area contributed by atoms with Crippen molar-refractivity contribution in [1.82, 2.24) is 19.5 Å². The highest BCUT2D eigenvalue weighted by Gasteiger charge is 2.35. The summed E-state index contributed by atoms with van der Waals surface area (Å²) in [5.41, 5.74) is 1.83. The Morgan fingerprint density at radius 3 is 2.56 bits per heavy atom. The normalized spacial score (nSPS) is 14.4. The van der Waals surface area contributed by atoms with Crippen molar-refractivity contribution in [2.24, 2.45) is 0 Å². The van der Waals surface area contributed by atoms with Crippen LogP contribution in [0.25, 0.3) is 38.6 Å². The van der Waals surface area contributed by atoms with Crippen LogP contribution in [0.15, 0.2) is 94.9 Å². The minimum absolute atomic E-state index is 0.246. The molecule has 0 radical (unpaired) electrons. The first-order valence-corrected chi connectivity index (χ1v) is 14.7. The molecular formula is C34H27ClN6O4. The average molecular weight is 619 g/mol. The van der Waals surface area contributed by atoms with E-state index in [0.717, 1.165) is 0 Å². The molecule has 224 valence electrons. The van der Waals surface area contributed by atoms with Crippen LogP contribution < -0.4 is 26.4 Å². The Morgan fingerprint density at radius 2 is 1.76 bits per heavy atom. The van der Waals surface area contributed by atoms with Crippen LogP contribution in [0.4, 0.5) is 11.5 Å². The SMILES string of the molecule is CC(Nc1ncnc2[nH]ccc(=O)c12)c1c(Cl)c2cccc(-c3ccc4c(c3)NC(=O)C(C)(C)O4)c2c(=O)n1-c1ccccc1. The molecule has 0 bridgehead atoms. The number of halogens is 1. The molecule has 1 amide bonds. The summed E-state index contributed by atoms with van der Waals surface area (Å²) in [5.74, 6) is 0.596. The van der Waals surface area contributed by atoms with E-state index in [1.54, 1.807) is 30.5 Å². The van der Waals surface area contributed by atoms with Crippen molar-refractivity contribution < 1.29 is 9.53 Å². The highest BCUT2D eigenvalue weighted by atomic mass is 35.5. The van der Waals surface area contributed by atoms with Gasteiger partial charge in [0.1, 0.15) is 28.9 Å². The zero-order chi connectivity index (χ0) is 31.5. The number of carbonyl (C=O) groups is 1. The van der Waals surface area contributed by atoms with Gasteiger partial charge in [0.15, 0.2) is 11.0 Å². The van der Waals surface area contributed by atoms with E-state index >= 15 is 0 Å². The molecule has 0 aliphatic carbocycles. The van der Waals surface area contributed by atoms with E-state index in [0.29, 0.717) is 66.6 Å². The van der Waals surface area contributed by atoms with Crippen LogP contribution in [0.5, 0.6) is 5.75 Å². The molecule has 3 aromatic carbocycles. The van der Waals surface area contributed by atoms with Crippen LogP contribution >= 0.6 is 11.6 Å². The van der Waals surface area contributed by atoms with Crippen LogP contribution in [0.1, 0.15) is 32.5 Å². The Morgan fingerprint density at radius 1 is 0.956 bits per heavy atom.